The van der Waals surface area contributed by atoms with E-state index in [0.29, 0.717) is 16.2 Å². The number of nitrogens with zero attached hydrogens (tertiary/aromatic N) is 1. The standard InChI is InChI=1S/C17H10F2N2OS/c18-11-6-4-10(5-7-11)9-23-17-12-2-1-3-14(19)15(12)13(8-20)16(22)21-17/h1-7H,9H2,(H,21,22). The van der Waals surface area contributed by atoms with E-state index in [1.807, 2.05) is 0 Å². The minimum Gasteiger partial charge on any atom is -0.315 e. The first kappa shape index (κ1) is 15.3. The topological polar surface area (TPSA) is 56.6 Å². The van der Waals surface area contributed by atoms with Crippen molar-refractivity contribution in [3.8, 4) is 6.07 Å². The lowest BCUT2D eigenvalue weighted by Crippen LogP contribution is -2.12. The molecule has 0 amide bonds. The Balaban J connectivity index is 2.05. The van der Waals surface area contributed by atoms with E-state index in [1.165, 1.54) is 36.0 Å². The van der Waals surface area contributed by atoms with Crippen LogP contribution in [0.2, 0.25) is 0 Å². The molecule has 0 saturated heterocycles. The molecule has 0 bridgehead atoms. The van der Waals surface area contributed by atoms with Gasteiger partial charge in [0, 0.05) is 16.5 Å². The number of H-pyrrole nitrogens is 1. The molecule has 2 aromatic carbocycles. The van der Waals surface area contributed by atoms with Gasteiger partial charge in [-0.3, -0.25) is 4.79 Å². The highest BCUT2D eigenvalue weighted by atomic mass is 32.2. The summed E-state index contributed by atoms with van der Waals surface area (Å²) < 4.78 is 27.0. The largest absolute Gasteiger partial charge is 0.315 e. The van der Waals surface area contributed by atoms with Crippen LogP contribution in [0.15, 0.2) is 52.3 Å². The summed E-state index contributed by atoms with van der Waals surface area (Å²) in [6, 6.07) is 12.2. The van der Waals surface area contributed by atoms with Crippen molar-refractivity contribution in [2.24, 2.45) is 0 Å². The van der Waals surface area contributed by atoms with Crippen LogP contribution in [-0.2, 0) is 5.75 Å². The van der Waals surface area contributed by atoms with E-state index in [4.69, 9.17) is 5.26 Å². The minimum atomic E-state index is -0.619. The second-order valence-corrected chi connectivity index (χ2v) is 5.83. The van der Waals surface area contributed by atoms with Crippen LogP contribution in [0.4, 0.5) is 8.78 Å². The average molecular weight is 328 g/mol. The van der Waals surface area contributed by atoms with Crippen molar-refractivity contribution in [1.29, 1.82) is 5.26 Å². The van der Waals surface area contributed by atoms with Crippen molar-refractivity contribution in [3.05, 3.63) is 75.6 Å². The molecule has 0 aliphatic rings. The Labute approximate surface area is 134 Å². The molecule has 3 aromatic rings. The number of fused-ring (bicyclic) bond motifs is 1. The number of thioether (sulfide) groups is 1. The number of benzene rings is 2. The van der Waals surface area contributed by atoms with E-state index in [0.717, 1.165) is 5.56 Å². The molecule has 3 rings (SSSR count). The smallest absolute Gasteiger partial charge is 0.267 e. The number of pyridine rings is 1. The summed E-state index contributed by atoms with van der Waals surface area (Å²) in [6.07, 6.45) is 0. The number of nitrogens with one attached hydrogen (secondary N) is 1. The first-order valence-electron chi connectivity index (χ1n) is 6.72. The minimum absolute atomic E-state index is 0.0281. The fraction of sp³-hybridized carbons (Fsp3) is 0.0588. The Morgan fingerprint density at radius 1 is 1.13 bits per heavy atom. The Bertz CT molecular complexity index is 975. The van der Waals surface area contributed by atoms with E-state index in [2.05, 4.69) is 4.98 Å². The van der Waals surface area contributed by atoms with Crippen LogP contribution < -0.4 is 5.56 Å². The maximum absolute atomic E-state index is 14.0. The SMILES string of the molecule is N#Cc1c(=O)[nH]c(SCc2ccc(F)cc2)c2cccc(F)c12. The summed E-state index contributed by atoms with van der Waals surface area (Å²) in [6.45, 7) is 0. The van der Waals surface area contributed by atoms with Gasteiger partial charge in [0.1, 0.15) is 23.3 Å². The number of nitriles is 1. The molecule has 0 saturated carbocycles. The third-order valence-electron chi connectivity index (χ3n) is 3.37. The molecular formula is C17H10F2N2OS. The van der Waals surface area contributed by atoms with Crippen LogP contribution in [0.5, 0.6) is 0 Å². The highest BCUT2D eigenvalue weighted by molar-refractivity contribution is 7.98. The van der Waals surface area contributed by atoms with Crippen molar-refractivity contribution in [2.75, 3.05) is 0 Å². The van der Waals surface area contributed by atoms with Crippen LogP contribution in [0.3, 0.4) is 0 Å². The van der Waals surface area contributed by atoms with Gasteiger partial charge < -0.3 is 4.98 Å². The summed E-state index contributed by atoms with van der Waals surface area (Å²) >= 11 is 1.30. The van der Waals surface area contributed by atoms with E-state index < -0.39 is 11.4 Å². The predicted octanol–water partition coefficient (Wildman–Crippen LogP) is 3.97. The quantitative estimate of drug-likeness (QED) is 0.740. The van der Waals surface area contributed by atoms with Crippen molar-refractivity contribution >= 4 is 22.5 Å². The number of halogens is 2. The molecule has 0 fully saturated rings. The van der Waals surface area contributed by atoms with Crippen molar-refractivity contribution < 1.29 is 8.78 Å². The summed E-state index contributed by atoms with van der Waals surface area (Å²) in [4.78, 5) is 14.6. The number of rotatable bonds is 3. The molecule has 0 unspecified atom stereocenters. The van der Waals surface area contributed by atoms with E-state index in [1.54, 1.807) is 24.3 Å². The molecular weight excluding hydrogens is 318 g/mol. The van der Waals surface area contributed by atoms with Crippen LogP contribution in [0.1, 0.15) is 11.1 Å². The molecule has 1 aromatic heterocycles. The number of aromatic nitrogens is 1. The third kappa shape index (κ3) is 2.96. The number of aromatic amines is 1. The monoisotopic (exact) mass is 328 g/mol. The molecule has 3 nitrogen and oxygen atoms in total. The maximum atomic E-state index is 14.0. The van der Waals surface area contributed by atoms with Gasteiger partial charge in [0.25, 0.3) is 5.56 Å². The second kappa shape index (κ2) is 6.23. The molecule has 0 radical (unpaired) electrons. The molecule has 0 atom stereocenters. The zero-order chi connectivity index (χ0) is 16.4. The fourth-order valence-electron chi connectivity index (χ4n) is 2.27. The van der Waals surface area contributed by atoms with Crippen LogP contribution in [0.25, 0.3) is 10.8 Å². The fourth-order valence-corrected chi connectivity index (χ4v) is 3.26. The third-order valence-corrected chi connectivity index (χ3v) is 4.46. The first-order valence-corrected chi connectivity index (χ1v) is 7.70. The molecule has 0 aliphatic heterocycles. The highest BCUT2D eigenvalue weighted by Gasteiger charge is 2.14. The summed E-state index contributed by atoms with van der Waals surface area (Å²) in [5.41, 5.74) is 0.0158. The number of hydrogen-bond acceptors (Lipinski definition) is 3. The zero-order valence-corrected chi connectivity index (χ0v) is 12.6. The molecule has 1 heterocycles. The van der Waals surface area contributed by atoms with Gasteiger partial charge in [-0.25, -0.2) is 8.78 Å². The van der Waals surface area contributed by atoms with Crippen LogP contribution in [0, 0.1) is 23.0 Å². The second-order valence-electron chi connectivity index (χ2n) is 4.85. The molecule has 23 heavy (non-hydrogen) atoms. The van der Waals surface area contributed by atoms with Crippen molar-refractivity contribution in [1.82, 2.24) is 4.98 Å². The van der Waals surface area contributed by atoms with E-state index in [-0.39, 0.29) is 16.8 Å². The average Bonchev–Trinajstić information content (AvgIpc) is 2.55. The van der Waals surface area contributed by atoms with Gasteiger partial charge in [-0.2, -0.15) is 5.26 Å². The lowest BCUT2D eigenvalue weighted by molar-refractivity contribution is 0.627. The number of hydrogen-bond donors (Lipinski definition) is 1. The molecule has 114 valence electrons. The van der Waals surface area contributed by atoms with Gasteiger partial charge in [-0.15, -0.1) is 11.8 Å². The highest BCUT2D eigenvalue weighted by Crippen LogP contribution is 2.30. The first-order chi connectivity index (χ1) is 11.1. The lowest BCUT2D eigenvalue weighted by atomic mass is 10.1. The molecule has 1 N–H and O–H groups in total. The summed E-state index contributed by atoms with van der Waals surface area (Å²) in [7, 11) is 0. The van der Waals surface area contributed by atoms with Gasteiger partial charge in [0.05, 0.1) is 5.03 Å². The van der Waals surface area contributed by atoms with Crippen molar-refractivity contribution in [3.63, 3.8) is 0 Å². The van der Waals surface area contributed by atoms with Crippen LogP contribution >= 0.6 is 11.8 Å². The Morgan fingerprint density at radius 2 is 1.87 bits per heavy atom. The summed E-state index contributed by atoms with van der Waals surface area (Å²) in [5, 5.41) is 10.1. The van der Waals surface area contributed by atoms with Gasteiger partial charge in [-0.05, 0) is 23.8 Å². The maximum Gasteiger partial charge on any atom is 0.267 e. The Kier molecular flexibility index (Phi) is 4.13. The molecule has 6 heteroatoms. The van der Waals surface area contributed by atoms with E-state index >= 15 is 0 Å². The van der Waals surface area contributed by atoms with Gasteiger partial charge in [0.2, 0.25) is 0 Å². The van der Waals surface area contributed by atoms with Gasteiger partial charge in [0.15, 0.2) is 0 Å². The Hall–Kier alpha value is -2.65. The zero-order valence-electron chi connectivity index (χ0n) is 11.8. The summed E-state index contributed by atoms with van der Waals surface area (Å²) in [5.74, 6) is -0.444. The van der Waals surface area contributed by atoms with Gasteiger partial charge in [-0.1, -0.05) is 24.3 Å². The van der Waals surface area contributed by atoms with Crippen molar-refractivity contribution in [2.45, 2.75) is 10.8 Å². The molecule has 0 spiro atoms. The normalized spacial score (nSPS) is 10.7. The van der Waals surface area contributed by atoms with E-state index in [9.17, 15) is 13.6 Å². The molecule has 0 aliphatic carbocycles. The van der Waals surface area contributed by atoms with Crippen LogP contribution in [-0.4, -0.2) is 4.98 Å². The predicted molar refractivity (Wildman–Crippen MR) is 85.2 cm³/mol. The Morgan fingerprint density at radius 3 is 2.57 bits per heavy atom. The van der Waals surface area contributed by atoms with Gasteiger partial charge >= 0.3 is 0 Å². The lowest BCUT2D eigenvalue weighted by Gasteiger charge is -2.08.